The van der Waals surface area contributed by atoms with Gasteiger partial charge < -0.3 is 28.8 Å². The molecule has 4 atom stereocenters. The van der Waals surface area contributed by atoms with Crippen molar-refractivity contribution in [3.8, 4) is 11.5 Å². The molecule has 1 N–H and O–H groups in total. The molecule has 182 valence electrons. The summed E-state index contributed by atoms with van der Waals surface area (Å²) in [5.41, 5.74) is 2.25. The van der Waals surface area contributed by atoms with Crippen LogP contribution in [0.5, 0.6) is 11.5 Å². The number of hydrogen-bond donors (Lipinski definition) is 1. The van der Waals surface area contributed by atoms with Crippen molar-refractivity contribution in [3.63, 3.8) is 0 Å². The van der Waals surface area contributed by atoms with Gasteiger partial charge in [0.2, 0.25) is 0 Å². The lowest BCUT2D eigenvalue weighted by Crippen LogP contribution is -2.21. The highest BCUT2D eigenvalue weighted by molar-refractivity contribution is 5.41. The van der Waals surface area contributed by atoms with Gasteiger partial charge in [0.15, 0.2) is 0 Å². The van der Waals surface area contributed by atoms with Crippen LogP contribution in [0.2, 0.25) is 0 Å². The summed E-state index contributed by atoms with van der Waals surface area (Å²) in [6, 6.07) is 16.3. The summed E-state index contributed by atoms with van der Waals surface area (Å²) < 4.78 is 27.0. The van der Waals surface area contributed by atoms with Crippen molar-refractivity contribution in [1.29, 1.82) is 0 Å². The predicted molar refractivity (Wildman–Crippen MR) is 128 cm³/mol. The molecule has 0 aromatic heterocycles. The van der Waals surface area contributed by atoms with Crippen LogP contribution in [0.1, 0.15) is 45.7 Å². The fraction of sp³-hybridized carbons (Fsp3) is 0.556. The lowest BCUT2D eigenvalue weighted by atomic mass is 9.78. The molecule has 0 bridgehead atoms. The molecule has 2 heterocycles. The number of aliphatic hydroxyl groups is 1. The first-order chi connectivity index (χ1) is 15.7. The Morgan fingerprint density at radius 1 is 0.879 bits per heavy atom. The molecule has 2 fully saturated rings. The van der Waals surface area contributed by atoms with Crippen molar-refractivity contribution in [2.45, 2.75) is 64.4 Å². The SMILES string of the molecule is CC(O)COc1ccc(C(C)(C)c2ccc(OCC(C)OCC3CO3)cc2)cc1.CC1CO1. The summed E-state index contributed by atoms with van der Waals surface area (Å²) in [5.74, 6) is 1.60. The van der Waals surface area contributed by atoms with Gasteiger partial charge in [-0.1, -0.05) is 38.1 Å². The standard InChI is InChI=1S/C24H32O5.C3H6O/c1-17(25)13-27-21-9-5-19(6-10-21)24(3,4)20-7-11-22(12-8-20)28-14-18(2)26-15-23-16-29-23;1-3-2-4-3/h5-12,17-18,23,25H,13-16H2,1-4H3;3H,2H2,1H3. The number of rotatable bonds is 11. The van der Waals surface area contributed by atoms with Crippen LogP contribution in [-0.2, 0) is 19.6 Å². The van der Waals surface area contributed by atoms with Crippen molar-refractivity contribution in [2.24, 2.45) is 0 Å². The third-order valence-electron chi connectivity index (χ3n) is 5.60. The van der Waals surface area contributed by atoms with Crippen molar-refractivity contribution >= 4 is 0 Å². The minimum absolute atomic E-state index is 0.0323. The Morgan fingerprint density at radius 2 is 1.33 bits per heavy atom. The van der Waals surface area contributed by atoms with Crippen LogP contribution in [0.3, 0.4) is 0 Å². The van der Waals surface area contributed by atoms with Crippen LogP contribution in [0.25, 0.3) is 0 Å². The Balaban J connectivity index is 0.000000690. The van der Waals surface area contributed by atoms with Gasteiger partial charge in [0.1, 0.15) is 30.8 Å². The van der Waals surface area contributed by atoms with Crippen molar-refractivity contribution in [1.82, 2.24) is 0 Å². The molecule has 6 heteroatoms. The minimum Gasteiger partial charge on any atom is -0.491 e. The molecule has 2 aliphatic rings. The van der Waals surface area contributed by atoms with E-state index in [1.54, 1.807) is 6.92 Å². The van der Waals surface area contributed by atoms with E-state index in [-0.39, 0.29) is 17.6 Å². The van der Waals surface area contributed by atoms with E-state index < -0.39 is 6.10 Å². The van der Waals surface area contributed by atoms with E-state index in [4.69, 9.17) is 23.7 Å². The molecule has 0 aliphatic carbocycles. The molecule has 0 saturated carbocycles. The maximum atomic E-state index is 9.34. The molecule has 0 radical (unpaired) electrons. The Bertz CT molecular complexity index is 823. The molecule has 6 nitrogen and oxygen atoms in total. The Kier molecular flexibility index (Phi) is 9.15. The topological polar surface area (TPSA) is 73.0 Å². The van der Waals surface area contributed by atoms with Gasteiger partial charge in [0, 0.05) is 5.41 Å². The molecule has 33 heavy (non-hydrogen) atoms. The molecule has 2 aromatic rings. The van der Waals surface area contributed by atoms with Crippen molar-refractivity contribution in [2.75, 3.05) is 33.0 Å². The van der Waals surface area contributed by atoms with Gasteiger partial charge in [-0.25, -0.2) is 0 Å². The largest absolute Gasteiger partial charge is 0.491 e. The second kappa shape index (κ2) is 11.8. The Morgan fingerprint density at radius 3 is 1.73 bits per heavy atom. The highest BCUT2D eigenvalue weighted by atomic mass is 16.6. The second-order valence-electron chi connectivity index (χ2n) is 9.39. The van der Waals surface area contributed by atoms with Gasteiger partial charge in [-0.3, -0.25) is 0 Å². The summed E-state index contributed by atoms with van der Waals surface area (Å²) in [4.78, 5) is 0. The Hall–Kier alpha value is -2.12. The quantitative estimate of drug-likeness (QED) is 0.505. The fourth-order valence-electron chi connectivity index (χ4n) is 3.11. The highest BCUT2D eigenvalue weighted by Crippen LogP contribution is 2.33. The van der Waals surface area contributed by atoms with Gasteiger partial charge in [0.25, 0.3) is 0 Å². The zero-order chi connectivity index (χ0) is 23.8. The molecule has 0 spiro atoms. The van der Waals surface area contributed by atoms with Gasteiger partial charge in [-0.15, -0.1) is 0 Å². The van der Waals surface area contributed by atoms with Gasteiger partial charge >= 0.3 is 0 Å². The van der Waals surface area contributed by atoms with Gasteiger partial charge in [0.05, 0.1) is 38.1 Å². The number of aliphatic hydroxyl groups excluding tert-OH is 1. The monoisotopic (exact) mass is 458 g/mol. The lowest BCUT2D eigenvalue weighted by Gasteiger charge is -2.26. The van der Waals surface area contributed by atoms with E-state index in [1.165, 1.54) is 11.1 Å². The third-order valence-corrected chi connectivity index (χ3v) is 5.60. The number of benzene rings is 2. The van der Waals surface area contributed by atoms with Crippen LogP contribution in [0.4, 0.5) is 0 Å². The molecule has 2 aliphatic heterocycles. The molecule has 4 unspecified atom stereocenters. The minimum atomic E-state index is -0.478. The Labute approximate surface area is 197 Å². The van der Waals surface area contributed by atoms with Crippen LogP contribution < -0.4 is 9.47 Å². The van der Waals surface area contributed by atoms with Crippen molar-refractivity contribution in [3.05, 3.63) is 59.7 Å². The molecular formula is C27H38O6. The molecular weight excluding hydrogens is 420 g/mol. The number of hydrogen-bond acceptors (Lipinski definition) is 6. The summed E-state index contributed by atoms with van der Waals surface area (Å²) in [6.45, 7) is 13.4. The summed E-state index contributed by atoms with van der Waals surface area (Å²) >= 11 is 0. The average Bonchev–Trinajstić information content (AvgIpc) is 3.74. The number of ether oxygens (including phenoxy) is 5. The zero-order valence-corrected chi connectivity index (χ0v) is 20.5. The summed E-state index contributed by atoms with van der Waals surface area (Å²) in [5, 5.41) is 9.34. The van der Waals surface area contributed by atoms with Gasteiger partial charge in [-0.05, 0) is 56.2 Å². The van der Waals surface area contributed by atoms with E-state index in [9.17, 15) is 5.11 Å². The first kappa shape index (κ1) is 25.5. The van der Waals surface area contributed by atoms with E-state index >= 15 is 0 Å². The van der Waals surface area contributed by atoms with Crippen LogP contribution in [0, 0.1) is 0 Å². The highest BCUT2D eigenvalue weighted by Gasteiger charge is 2.24. The smallest absolute Gasteiger partial charge is 0.119 e. The summed E-state index contributed by atoms with van der Waals surface area (Å²) in [6.07, 6.45) is 0.413. The fourth-order valence-corrected chi connectivity index (χ4v) is 3.11. The van der Waals surface area contributed by atoms with Crippen LogP contribution >= 0.6 is 0 Å². The average molecular weight is 459 g/mol. The first-order valence-corrected chi connectivity index (χ1v) is 11.7. The molecule has 2 saturated heterocycles. The third kappa shape index (κ3) is 8.97. The lowest BCUT2D eigenvalue weighted by molar-refractivity contribution is 0.0241. The first-order valence-electron chi connectivity index (χ1n) is 11.7. The van der Waals surface area contributed by atoms with Crippen LogP contribution in [0.15, 0.2) is 48.5 Å². The molecule has 2 aromatic carbocycles. The normalized spacial score (nSPS) is 20.8. The van der Waals surface area contributed by atoms with Gasteiger partial charge in [-0.2, -0.15) is 0 Å². The van der Waals surface area contributed by atoms with E-state index in [0.29, 0.717) is 25.9 Å². The second-order valence-corrected chi connectivity index (χ2v) is 9.39. The molecule has 0 amide bonds. The number of epoxide rings is 2. The van der Waals surface area contributed by atoms with Crippen LogP contribution in [-0.4, -0.2) is 62.6 Å². The van der Waals surface area contributed by atoms with Crippen molar-refractivity contribution < 1.29 is 28.8 Å². The van der Waals surface area contributed by atoms with E-state index in [2.05, 4.69) is 45.0 Å². The predicted octanol–water partition coefficient (Wildman–Crippen LogP) is 4.36. The zero-order valence-electron chi connectivity index (χ0n) is 20.5. The molecule has 4 rings (SSSR count). The van der Waals surface area contributed by atoms with E-state index in [1.807, 2.05) is 31.2 Å². The maximum Gasteiger partial charge on any atom is 0.119 e. The maximum absolute atomic E-state index is 9.34. The summed E-state index contributed by atoms with van der Waals surface area (Å²) in [7, 11) is 0. The van der Waals surface area contributed by atoms with E-state index in [0.717, 1.165) is 24.7 Å².